The Hall–Kier alpha value is -1.52. The molecule has 2 atom stereocenters. The molecule has 0 radical (unpaired) electrons. The van der Waals surface area contributed by atoms with Gasteiger partial charge in [0.15, 0.2) is 5.96 Å². The van der Waals surface area contributed by atoms with Gasteiger partial charge >= 0.3 is 0 Å². The van der Waals surface area contributed by atoms with Crippen molar-refractivity contribution in [2.24, 2.45) is 18.0 Å². The van der Waals surface area contributed by atoms with E-state index in [1.165, 1.54) is 23.4 Å². The van der Waals surface area contributed by atoms with Crippen molar-refractivity contribution in [3.05, 3.63) is 17.0 Å². The van der Waals surface area contributed by atoms with Crippen LogP contribution in [0.4, 0.5) is 0 Å². The van der Waals surface area contributed by atoms with Crippen LogP contribution in [0.1, 0.15) is 51.1 Å². The lowest BCUT2D eigenvalue weighted by atomic mass is 10.1. The fourth-order valence-electron chi connectivity index (χ4n) is 2.75. The summed E-state index contributed by atoms with van der Waals surface area (Å²) in [7, 11) is 2.03. The van der Waals surface area contributed by atoms with E-state index < -0.39 is 0 Å². The molecule has 1 aromatic heterocycles. The Morgan fingerprint density at radius 3 is 2.57 bits per heavy atom. The van der Waals surface area contributed by atoms with Crippen molar-refractivity contribution in [2.45, 2.75) is 59.5 Å². The molecule has 0 aliphatic heterocycles. The standard InChI is InChI=1S/C16H29N5/c1-6-13-12(15(7-2)21(5)20-13)10-18-16(17-8-3)19-14-9-11(14)4/h11,14H,6-10H2,1-5H3,(H2,17,18,19). The van der Waals surface area contributed by atoms with Gasteiger partial charge in [0.1, 0.15) is 0 Å². The highest BCUT2D eigenvalue weighted by molar-refractivity contribution is 5.80. The molecule has 1 aromatic rings. The summed E-state index contributed by atoms with van der Waals surface area (Å²) in [6, 6.07) is 0.591. The molecule has 1 heterocycles. The van der Waals surface area contributed by atoms with Crippen LogP contribution in [-0.2, 0) is 26.4 Å². The third-order valence-electron chi connectivity index (χ3n) is 4.20. The summed E-state index contributed by atoms with van der Waals surface area (Å²) in [4.78, 5) is 4.77. The molecule has 0 bridgehead atoms. The van der Waals surface area contributed by atoms with Gasteiger partial charge in [-0.05, 0) is 32.1 Å². The Morgan fingerprint density at radius 2 is 2.05 bits per heavy atom. The highest BCUT2D eigenvalue weighted by atomic mass is 15.3. The van der Waals surface area contributed by atoms with E-state index in [2.05, 4.69) is 43.4 Å². The second-order valence-electron chi connectivity index (χ2n) is 5.86. The minimum atomic E-state index is 0.591. The van der Waals surface area contributed by atoms with Crippen molar-refractivity contribution in [3.8, 4) is 0 Å². The number of rotatable bonds is 6. The molecule has 1 aliphatic rings. The van der Waals surface area contributed by atoms with Crippen molar-refractivity contribution in [2.75, 3.05) is 6.54 Å². The van der Waals surface area contributed by atoms with E-state index >= 15 is 0 Å². The summed E-state index contributed by atoms with van der Waals surface area (Å²) in [6.07, 6.45) is 3.21. The lowest BCUT2D eigenvalue weighted by Gasteiger charge is -2.11. The van der Waals surface area contributed by atoms with Crippen molar-refractivity contribution >= 4 is 5.96 Å². The molecule has 2 rings (SSSR count). The first-order valence-electron chi connectivity index (χ1n) is 8.19. The van der Waals surface area contributed by atoms with Crippen LogP contribution in [0.25, 0.3) is 0 Å². The van der Waals surface area contributed by atoms with E-state index in [1.54, 1.807) is 0 Å². The Bertz CT molecular complexity index is 503. The van der Waals surface area contributed by atoms with Crippen molar-refractivity contribution in [1.82, 2.24) is 20.4 Å². The summed E-state index contributed by atoms with van der Waals surface area (Å²) in [5.74, 6) is 1.70. The zero-order chi connectivity index (χ0) is 15.4. The molecule has 2 N–H and O–H groups in total. The zero-order valence-corrected chi connectivity index (χ0v) is 14.0. The predicted molar refractivity (Wildman–Crippen MR) is 87.5 cm³/mol. The van der Waals surface area contributed by atoms with Gasteiger partial charge in [0.2, 0.25) is 0 Å². The van der Waals surface area contributed by atoms with Crippen molar-refractivity contribution in [1.29, 1.82) is 0 Å². The van der Waals surface area contributed by atoms with Crippen molar-refractivity contribution in [3.63, 3.8) is 0 Å². The summed E-state index contributed by atoms with van der Waals surface area (Å²) >= 11 is 0. The molecule has 2 unspecified atom stereocenters. The number of aromatic nitrogens is 2. The van der Waals surface area contributed by atoms with E-state index in [9.17, 15) is 0 Å². The molecule has 5 heteroatoms. The fraction of sp³-hybridized carbons (Fsp3) is 0.750. The molecule has 1 aliphatic carbocycles. The van der Waals surface area contributed by atoms with Crippen LogP contribution >= 0.6 is 0 Å². The molecule has 1 fully saturated rings. The number of aryl methyl sites for hydroxylation is 2. The molecule has 0 aromatic carbocycles. The van der Waals surface area contributed by atoms with E-state index in [1.807, 2.05) is 11.7 Å². The molecule has 1 saturated carbocycles. The van der Waals surface area contributed by atoms with Crippen LogP contribution < -0.4 is 10.6 Å². The average Bonchev–Trinajstić information content (AvgIpc) is 3.05. The topological polar surface area (TPSA) is 54.2 Å². The predicted octanol–water partition coefficient (Wildman–Crippen LogP) is 2.01. The molecule has 21 heavy (non-hydrogen) atoms. The largest absolute Gasteiger partial charge is 0.357 e. The Balaban J connectivity index is 2.12. The van der Waals surface area contributed by atoms with E-state index in [-0.39, 0.29) is 0 Å². The van der Waals surface area contributed by atoms with Crippen LogP contribution in [0.15, 0.2) is 4.99 Å². The number of hydrogen-bond acceptors (Lipinski definition) is 2. The van der Waals surface area contributed by atoms with Gasteiger partial charge in [-0.1, -0.05) is 20.8 Å². The van der Waals surface area contributed by atoms with Crippen LogP contribution in [0, 0.1) is 5.92 Å². The molecule has 0 amide bonds. The molecule has 5 nitrogen and oxygen atoms in total. The normalized spacial score (nSPS) is 21.5. The van der Waals surface area contributed by atoms with Gasteiger partial charge in [0, 0.05) is 30.9 Å². The molecule has 0 spiro atoms. The summed E-state index contributed by atoms with van der Waals surface area (Å²) in [6.45, 7) is 10.3. The maximum Gasteiger partial charge on any atom is 0.191 e. The zero-order valence-electron chi connectivity index (χ0n) is 14.0. The van der Waals surface area contributed by atoms with E-state index in [0.717, 1.165) is 31.3 Å². The first-order chi connectivity index (χ1) is 10.1. The second-order valence-corrected chi connectivity index (χ2v) is 5.86. The van der Waals surface area contributed by atoms with Gasteiger partial charge in [0.25, 0.3) is 0 Å². The number of aliphatic imine (C=N–C) groups is 1. The highest BCUT2D eigenvalue weighted by Gasteiger charge is 2.33. The summed E-state index contributed by atoms with van der Waals surface area (Å²) in [5, 5.41) is 11.5. The maximum atomic E-state index is 4.77. The molecular weight excluding hydrogens is 262 g/mol. The minimum Gasteiger partial charge on any atom is -0.357 e. The average molecular weight is 291 g/mol. The quantitative estimate of drug-likeness (QED) is 0.623. The first-order valence-corrected chi connectivity index (χ1v) is 8.19. The van der Waals surface area contributed by atoms with Crippen LogP contribution in [0.2, 0.25) is 0 Å². The summed E-state index contributed by atoms with van der Waals surface area (Å²) < 4.78 is 2.01. The monoisotopic (exact) mass is 291 g/mol. The SMILES string of the molecule is CCNC(=NCc1c(CC)nn(C)c1CC)NC1CC1C. The first kappa shape index (κ1) is 15.9. The van der Waals surface area contributed by atoms with Crippen LogP contribution in [-0.4, -0.2) is 28.3 Å². The lowest BCUT2D eigenvalue weighted by molar-refractivity contribution is 0.703. The third kappa shape index (κ3) is 3.77. The highest BCUT2D eigenvalue weighted by Crippen LogP contribution is 2.28. The van der Waals surface area contributed by atoms with Crippen LogP contribution in [0.5, 0.6) is 0 Å². The third-order valence-corrected chi connectivity index (χ3v) is 4.20. The molecule has 118 valence electrons. The molecule has 0 saturated heterocycles. The summed E-state index contributed by atoms with van der Waals surface area (Å²) in [5.41, 5.74) is 3.77. The van der Waals surface area contributed by atoms with Gasteiger partial charge in [-0.25, -0.2) is 4.99 Å². The van der Waals surface area contributed by atoms with Gasteiger partial charge in [0.05, 0.1) is 12.2 Å². The van der Waals surface area contributed by atoms with Crippen molar-refractivity contribution < 1.29 is 0 Å². The van der Waals surface area contributed by atoms with E-state index in [4.69, 9.17) is 4.99 Å². The Labute approximate surface area is 128 Å². The second kappa shape index (κ2) is 6.96. The minimum absolute atomic E-state index is 0.591. The lowest BCUT2D eigenvalue weighted by Crippen LogP contribution is -2.39. The number of hydrogen-bond donors (Lipinski definition) is 2. The smallest absolute Gasteiger partial charge is 0.191 e. The molecular formula is C16H29N5. The Kier molecular flexibility index (Phi) is 5.26. The Morgan fingerprint density at radius 1 is 1.33 bits per heavy atom. The number of nitrogens with one attached hydrogen (secondary N) is 2. The number of nitrogens with zero attached hydrogens (tertiary/aromatic N) is 3. The number of guanidine groups is 1. The van der Waals surface area contributed by atoms with Gasteiger partial charge in [-0.2, -0.15) is 5.10 Å². The van der Waals surface area contributed by atoms with Gasteiger partial charge in [-0.15, -0.1) is 0 Å². The van der Waals surface area contributed by atoms with Gasteiger partial charge < -0.3 is 10.6 Å². The van der Waals surface area contributed by atoms with Gasteiger partial charge in [-0.3, -0.25) is 4.68 Å². The fourth-order valence-corrected chi connectivity index (χ4v) is 2.75. The van der Waals surface area contributed by atoms with Crippen LogP contribution in [0.3, 0.4) is 0 Å². The van der Waals surface area contributed by atoms with E-state index in [0.29, 0.717) is 12.6 Å². The maximum absolute atomic E-state index is 4.77.